The Morgan fingerprint density at radius 2 is 1.83 bits per heavy atom. The molecule has 0 unspecified atom stereocenters. The Hall–Kier alpha value is -3.54. The van der Waals surface area contributed by atoms with Crippen LogP contribution in [0.5, 0.6) is 11.5 Å². The van der Waals surface area contributed by atoms with E-state index in [0.29, 0.717) is 30.2 Å². The van der Waals surface area contributed by atoms with E-state index >= 15 is 0 Å². The molecule has 0 radical (unpaired) electrons. The quantitative estimate of drug-likeness (QED) is 0.487. The highest BCUT2D eigenvalue weighted by atomic mass is 19.1. The van der Waals surface area contributed by atoms with Gasteiger partial charge in [-0.15, -0.1) is 0 Å². The summed E-state index contributed by atoms with van der Waals surface area (Å²) in [5, 5.41) is 3.47. The van der Waals surface area contributed by atoms with Crippen molar-refractivity contribution in [2.75, 3.05) is 18.5 Å². The summed E-state index contributed by atoms with van der Waals surface area (Å²) in [6.07, 6.45) is 0.819. The normalized spacial score (nSPS) is 12.9. The lowest BCUT2D eigenvalue weighted by molar-refractivity contribution is 0.171. The molecule has 5 rings (SSSR count). The standard InChI is InChI=1S/C24H22FN3O2/c1-3-17-7-5-9-21-27-23(22-15(2)6-4-8-18(22)25)24(28(17)21)26-16-10-11-19-20(14-16)30-13-12-29-19/h4-11,14,26H,3,12-13H2,1-2H3. The zero-order valence-electron chi connectivity index (χ0n) is 16.9. The number of aromatic nitrogens is 2. The van der Waals surface area contributed by atoms with Crippen LogP contribution < -0.4 is 14.8 Å². The number of hydrogen-bond acceptors (Lipinski definition) is 4. The molecule has 0 fully saturated rings. The lowest BCUT2D eigenvalue weighted by atomic mass is 10.0. The molecule has 0 saturated carbocycles. The van der Waals surface area contributed by atoms with Crippen molar-refractivity contribution in [3.63, 3.8) is 0 Å². The van der Waals surface area contributed by atoms with Crippen LogP contribution in [0.3, 0.4) is 0 Å². The third-order valence-corrected chi connectivity index (χ3v) is 5.35. The molecule has 0 saturated heterocycles. The number of nitrogens with zero attached hydrogens (tertiary/aromatic N) is 2. The molecular formula is C24H22FN3O2. The third kappa shape index (κ3) is 3.05. The van der Waals surface area contributed by atoms with E-state index in [1.165, 1.54) is 6.07 Å². The molecule has 2 aromatic carbocycles. The van der Waals surface area contributed by atoms with E-state index in [4.69, 9.17) is 14.5 Å². The van der Waals surface area contributed by atoms with Crippen LogP contribution in [-0.4, -0.2) is 22.6 Å². The van der Waals surface area contributed by atoms with Crippen LogP contribution in [-0.2, 0) is 6.42 Å². The minimum absolute atomic E-state index is 0.290. The van der Waals surface area contributed by atoms with Gasteiger partial charge >= 0.3 is 0 Å². The molecule has 0 amide bonds. The molecule has 0 aliphatic carbocycles. The van der Waals surface area contributed by atoms with Crippen LogP contribution in [0.25, 0.3) is 16.9 Å². The monoisotopic (exact) mass is 403 g/mol. The van der Waals surface area contributed by atoms with Crippen molar-refractivity contribution in [1.82, 2.24) is 9.38 Å². The molecule has 30 heavy (non-hydrogen) atoms. The van der Waals surface area contributed by atoms with Crippen molar-refractivity contribution >= 4 is 17.2 Å². The van der Waals surface area contributed by atoms with Crippen LogP contribution in [0.4, 0.5) is 15.9 Å². The van der Waals surface area contributed by atoms with Gasteiger partial charge in [-0.25, -0.2) is 9.37 Å². The number of rotatable bonds is 4. The predicted octanol–water partition coefficient (Wildman–Crippen LogP) is 5.53. The van der Waals surface area contributed by atoms with Crippen molar-refractivity contribution in [3.05, 3.63) is 71.7 Å². The molecule has 0 bridgehead atoms. The molecule has 1 N–H and O–H groups in total. The predicted molar refractivity (Wildman–Crippen MR) is 115 cm³/mol. The van der Waals surface area contributed by atoms with E-state index in [2.05, 4.69) is 22.7 Å². The molecule has 152 valence electrons. The minimum atomic E-state index is -0.290. The Morgan fingerprint density at radius 1 is 1.03 bits per heavy atom. The van der Waals surface area contributed by atoms with Gasteiger partial charge in [0.1, 0.15) is 36.2 Å². The van der Waals surface area contributed by atoms with Gasteiger partial charge in [0.05, 0.1) is 0 Å². The molecule has 3 heterocycles. The van der Waals surface area contributed by atoms with Gasteiger partial charge < -0.3 is 14.8 Å². The van der Waals surface area contributed by atoms with Crippen LogP contribution in [0.1, 0.15) is 18.2 Å². The highest BCUT2D eigenvalue weighted by molar-refractivity contribution is 5.82. The number of hydrogen-bond donors (Lipinski definition) is 1. The Balaban J connectivity index is 1.71. The first-order valence-corrected chi connectivity index (χ1v) is 10.1. The average Bonchev–Trinajstić information content (AvgIpc) is 3.11. The van der Waals surface area contributed by atoms with Crippen molar-refractivity contribution in [2.45, 2.75) is 20.3 Å². The van der Waals surface area contributed by atoms with Gasteiger partial charge in [-0.1, -0.05) is 25.1 Å². The smallest absolute Gasteiger partial charge is 0.163 e. The fourth-order valence-electron chi connectivity index (χ4n) is 3.92. The summed E-state index contributed by atoms with van der Waals surface area (Å²) in [4.78, 5) is 4.80. The number of aryl methyl sites for hydroxylation is 2. The number of fused-ring (bicyclic) bond motifs is 2. The van der Waals surface area contributed by atoms with E-state index in [0.717, 1.165) is 40.6 Å². The summed E-state index contributed by atoms with van der Waals surface area (Å²) in [6.45, 7) is 5.06. The minimum Gasteiger partial charge on any atom is -0.486 e. The maximum atomic E-state index is 14.9. The van der Waals surface area contributed by atoms with Crippen molar-refractivity contribution in [2.24, 2.45) is 0 Å². The Labute approximate surface area is 174 Å². The van der Waals surface area contributed by atoms with Crippen LogP contribution in [0, 0.1) is 12.7 Å². The highest BCUT2D eigenvalue weighted by Crippen LogP contribution is 2.38. The van der Waals surface area contributed by atoms with Gasteiger partial charge in [-0.2, -0.15) is 0 Å². The fourth-order valence-corrected chi connectivity index (χ4v) is 3.92. The Kier molecular flexibility index (Phi) is 4.54. The van der Waals surface area contributed by atoms with E-state index in [1.807, 2.05) is 43.3 Å². The zero-order valence-corrected chi connectivity index (χ0v) is 16.9. The molecule has 0 spiro atoms. The lowest BCUT2D eigenvalue weighted by Gasteiger charge is -2.19. The number of ether oxygens (including phenoxy) is 2. The van der Waals surface area contributed by atoms with E-state index in [9.17, 15) is 4.39 Å². The summed E-state index contributed by atoms with van der Waals surface area (Å²) in [6, 6.07) is 16.8. The van der Waals surface area contributed by atoms with E-state index < -0.39 is 0 Å². The van der Waals surface area contributed by atoms with Gasteiger partial charge in [0.15, 0.2) is 11.5 Å². The van der Waals surface area contributed by atoms with E-state index in [-0.39, 0.29) is 5.82 Å². The van der Waals surface area contributed by atoms with Crippen molar-refractivity contribution < 1.29 is 13.9 Å². The maximum Gasteiger partial charge on any atom is 0.163 e. The molecule has 5 nitrogen and oxygen atoms in total. The number of pyridine rings is 1. The topological polar surface area (TPSA) is 47.8 Å². The van der Waals surface area contributed by atoms with Crippen molar-refractivity contribution in [1.29, 1.82) is 0 Å². The summed E-state index contributed by atoms with van der Waals surface area (Å²) in [5.41, 5.74) is 4.60. The van der Waals surface area contributed by atoms with Crippen molar-refractivity contribution in [3.8, 4) is 22.8 Å². The second-order valence-corrected chi connectivity index (χ2v) is 7.29. The second kappa shape index (κ2) is 7.37. The van der Waals surface area contributed by atoms with Crippen LogP contribution in [0.2, 0.25) is 0 Å². The molecule has 1 aliphatic heterocycles. The average molecular weight is 403 g/mol. The summed E-state index contributed by atoms with van der Waals surface area (Å²) >= 11 is 0. The van der Waals surface area contributed by atoms with Gasteiger partial charge in [-0.3, -0.25) is 4.40 Å². The molecule has 2 aromatic heterocycles. The molecule has 0 atom stereocenters. The first-order chi connectivity index (χ1) is 14.7. The lowest BCUT2D eigenvalue weighted by Crippen LogP contribution is -2.15. The number of benzene rings is 2. The number of nitrogens with one attached hydrogen (secondary N) is 1. The summed E-state index contributed by atoms with van der Waals surface area (Å²) in [5.74, 6) is 1.86. The third-order valence-electron chi connectivity index (χ3n) is 5.35. The summed E-state index contributed by atoms with van der Waals surface area (Å²) < 4.78 is 28.3. The zero-order chi connectivity index (χ0) is 20.7. The Bertz CT molecular complexity index is 1230. The molecule has 4 aromatic rings. The molecule has 1 aliphatic rings. The SMILES string of the molecule is CCc1cccc2nc(-c3c(C)cccc3F)c(Nc3ccc4c(c3)OCCO4)n12. The fraction of sp³-hybridized carbons (Fsp3) is 0.208. The summed E-state index contributed by atoms with van der Waals surface area (Å²) in [7, 11) is 0. The van der Waals surface area contributed by atoms with Gasteiger partial charge in [0.2, 0.25) is 0 Å². The first kappa shape index (κ1) is 18.5. The Morgan fingerprint density at radius 3 is 2.63 bits per heavy atom. The van der Waals surface area contributed by atoms with E-state index in [1.54, 1.807) is 6.07 Å². The molecule has 6 heteroatoms. The number of anilines is 2. The number of halogens is 1. The highest BCUT2D eigenvalue weighted by Gasteiger charge is 2.21. The van der Waals surface area contributed by atoms with Gasteiger partial charge in [-0.05, 0) is 49.2 Å². The first-order valence-electron chi connectivity index (χ1n) is 10.1. The van der Waals surface area contributed by atoms with Gasteiger partial charge in [0, 0.05) is 23.0 Å². The van der Waals surface area contributed by atoms with Crippen LogP contribution >= 0.6 is 0 Å². The van der Waals surface area contributed by atoms with Gasteiger partial charge in [0.25, 0.3) is 0 Å². The largest absolute Gasteiger partial charge is 0.486 e. The maximum absolute atomic E-state index is 14.9. The van der Waals surface area contributed by atoms with Crippen LogP contribution in [0.15, 0.2) is 54.6 Å². The number of imidazole rings is 1. The second-order valence-electron chi connectivity index (χ2n) is 7.29. The molecular weight excluding hydrogens is 381 g/mol.